The van der Waals surface area contributed by atoms with Crippen LogP contribution in [0, 0.1) is 5.92 Å². The quantitative estimate of drug-likeness (QED) is 0.212. The van der Waals surface area contributed by atoms with Crippen LogP contribution in [0.15, 0.2) is 0 Å². The summed E-state index contributed by atoms with van der Waals surface area (Å²) < 4.78 is 27.3. The molecule has 128 valence electrons. The minimum atomic E-state index is -4.60. The molecule has 0 heterocycles. The van der Waals surface area contributed by atoms with Crippen molar-refractivity contribution in [1.29, 1.82) is 0 Å². The van der Waals surface area contributed by atoms with Gasteiger partial charge >= 0.3 is 37.2 Å². The Bertz CT molecular complexity index is 361. The van der Waals surface area contributed by atoms with Crippen molar-refractivity contribution in [2.24, 2.45) is 5.92 Å². The number of nitrogens with zero attached hydrogens (tertiary/aromatic N) is 1. The molecule has 0 spiro atoms. The molecule has 0 amide bonds. The van der Waals surface area contributed by atoms with E-state index in [1.807, 2.05) is 6.92 Å². The first-order valence-electron chi connectivity index (χ1n) is 6.80. The van der Waals surface area contributed by atoms with Crippen LogP contribution in [-0.2, 0) is 13.9 Å². The first kappa shape index (κ1) is 25.5. The number of ether oxygens (including phenoxy) is 1. The second-order valence-corrected chi connectivity index (χ2v) is 8.81. The van der Waals surface area contributed by atoms with Crippen molar-refractivity contribution in [3.8, 4) is 0 Å². The third-order valence-corrected chi connectivity index (χ3v) is 4.11. The maximum Gasteiger partial charge on any atom is 1.00 e. The summed E-state index contributed by atoms with van der Waals surface area (Å²) in [6, 6.07) is 0. The SMILES string of the molecule is CC(C)CC(C)OCCCN(CP(=O)([O-])O)CP(=O)(O)O.[Na+]. The molecule has 0 aromatic heterocycles. The Morgan fingerprint density at radius 1 is 1.14 bits per heavy atom. The van der Waals surface area contributed by atoms with Gasteiger partial charge in [-0.05, 0) is 25.7 Å². The zero-order valence-corrected chi connectivity index (χ0v) is 17.5. The monoisotopic (exact) mass is 369 g/mol. The molecule has 0 saturated carbocycles. The summed E-state index contributed by atoms with van der Waals surface area (Å²) in [5, 5.41) is 0. The van der Waals surface area contributed by atoms with Gasteiger partial charge in [-0.1, -0.05) is 13.8 Å². The third kappa shape index (κ3) is 17.6. The molecule has 0 radical (unpaired) electrons. The maximum atomic E-state index is 10.9. The van der Waals surface area contributed by atoms with Gasteiger partial charge < -0.3 is 28.9 Å². The molecule has 0 rings (SSSR count). The minimum absolute atomic E-state index is 0. The zero-order valence-electron chi connectivity index (χ0n) is 13.7. The van der Waals surface area contributed by atoms with Crippen molar-refractivity contribution >= 4 is 15.2 Å². The number of rotatable bonds is 11. The smallest absolute Gasteiger partial charge is 0.778 e. The third-order valence-electron chi connectivity index (χ3n) is 2.59. The van der Waals surface area contributed by atoms with Gasteiger partial charge in [-0.15, -0.1) is 0 Å². The Balaban J connectivity index is 0. The standard InChI is InChI=1S/C11H27NO7P2.Na/c1-10(2)7-11(3)19-6-4-5-12(8-20(13,14)15)9-21(16,17)18;/h10-11H,4-9H2,1-3H3,(H2,13,14,15)(H2,16,17,18);/q;+1/p-1. The molecule has 0 aromatic carbocycles. The second-order valence-electron chi connectivity index (χ2n) is 5.64. The molecule has 0 aliphatic rings. The summed E-state index contributed by atoms with van der Waals surface area (Å²) in [7, 11) is -8.98. The Labute approximate surface area is 154 Å². The molecule has 0 saturated heterocycles. The average molecular weight is 369 g/mol. The van der Waals surface area contributed by atoms with Crippen LogP contribution in [0.5, 0.6) is 0 Å². The summed E-state index contributed by atoms with van der Waals surface area (Å²) in [5.74, 6) is 0.506. The van der Waals surface area contributed by atoms with Gasteiger partial charge in [-0.2, -0.15) is 0 Å². The molecule has 22 heavy (non-hydrogen) atoms. The summed E-state index contributed by atoms with van der Waals surface area (Å²) in [6.45, 7) is 6.57. The van der Waals surface area contributed by atoms with Gasteiger partial charge in [0.1, 0.15) is 13.9 Å². The van der Waals surface area contributed by atoms with Gasteiger partial charge in [0.05, 0.1) is 12.4 Å². The fourth-order valence-corrected chi connectivity index (χ4v) is 3.67. The Morgan fingerprint density at radius 3 is 2.09 bits per heavy atom. The van der Waals surface area contributed by atoms with E-state index in [2.05, 4.69) is 13.8 Å². The van der Waals surface area contributed by atoms with Crippen molar-refractivity contribution < 1.29 is 63.0 Å². The molecule has 0 bridgehead atoms. The first-order chi connectivity index (χ1) is 9.39. The molecule has 8 nitrogen and oxygen atoms in total. The van der Waals surface area contributed by atoms with Crippen LogP contribution >= 0.6 is 15.2 Å². The summed E-state index contributed by atoms with van der Waals surface area (Å²) in [6.07, 6.45) is -0.0918. The molecule has 0 aliphatic carbocycles. The fourth-order valence-electron chi connectivity index (χ4n) is 2.00. The van der Waals surface area contributed by atoms with Crippen LogP contribution < -0.4 is 34.5 Å². The predicted molar refractivity (Wildman–Crippen MR) is 77.8 cm³/mol. The summed E-state index contributed by atoms with van der Waals surface area (Å²) in [5.41, 5.74) is 0. The molecular formula is C11H26NNaO7P2. The van der Waals surface area contributed by atoms with Crippen molar-refractivity contribution in [3.63, 3.8) is 0 Å². The van der Waals surface area contributed by atoms with Crippen LogP contribution in [0.1, 0.15) is 33.6 Å². The molecule has 0 aromatic rings. The van der Waals surface area contributed by atoms with Crippen LogP contribution in [0.2, 0.25) is 0 Å². The van der Waals surface area contributed by atoms with E-state index in [-0.39, 0.29) is 42.2 Å². The van der Waals surface area contributed by atoms with Crippen LogP contribution in [0.4, 0.5) is 0 Å². The summed E-state index contributed by atoms with van der Waals surface area (Å²) >= 11 is 0. The molecule has 11 heteroatoms. The van der Waals surface area contributed by atoms with E-state index in [4.69, 9.17) is 19.4 Å². The van der Waals surface area contributed by atoms with E-state index < -0.39 is 27.8 Å². The fraction of sp³-hybridized carbons (Fsp3) is 1.00. The van der Waals surface area contributed by atoms with Crippen molar-refractivity contribution in [1.82, 2.24) is 4.90 Å². The van der Waals surface area contributed by atoms with Gasteiger partial charge in [-0.3, -0.25) is 9.46 Å². The Morgan fingerprint density at radius 2 is 1.68 bits per heavy atom. The predicted octanol–water partition coefficient (Wildman–Crippen LogP) is -2.23. The van der Waals surface area contributed by atoms with E-state index in [9.17, 15) is 14.0 Å². The Hall–Kier alpha value is 1.22. The molecule has 2 atom stereocenters. The van der Waals surface area contributed by atoms with Crippen LogP contribution in [-0.4, -0.2) is 51.4 Å². The van der Waals surface area contributed by atoms with E-state index in [0.29, 0.717) is 18.9 Å². The largest absolute Gasteiger partial charge is 1.00 e. The normalized spacial score (nSPS) is 16.4. The van der Waals surface area contributed by atoms with E-state index in [1.165, 1.54) is 0 Å². The van der Waals surface area contributed by atoms with E-state index in [1.54, 1.807) is 0 Å². The van der Waals surface area contributed by atoms with E-state index in [0.717, 1.165) is 11.3 Å². The zero-order chi connectivity index (χ0) is 16.7. The van der Waals surface area contributed by atoms with Crippen molar-refractivity contribution in [3.05, 3.63) is 0 Å². The topological polar surface area (TPSA) is 130 Å². The van der Waals surface area contributed by atoms with Crippen molar-refractivity contribution in [2.45, 2.75) is 39.7 Å². The van der Waals surface area contributed by atoms with Gasteiger partial charge in [0.2, 0.25) is 0 Å². The average Bonchev–Trinajstić information content (AvgIpc) is 2.18. The Kier molecular flexibility index (Phi) is 13.6. The molecule has 0 fully saturated rings. The summed E-state index contributed by atoms with van der Waals surface area (Å²) in [4.78, 5) is 38.5. The molecular weight excluding hydrogens is 343 g/mol. The number of hydrogen-bond acceptors (Lipinski definition) is 5. The molecule has 0 aliphatic heterocycles. The molecule has 2 unspecified atom stereocenters. The molecule has 3 N–H and O–H groups in total. The van der Waals surface area contributed by atoms with Gasteiger partial charge in [0, 0.05) is 13.2 Å². The van der Waals surface area contributed by atoms with Gasteiger partial charge in [0.15, 0.2) is 0 Å². The maximum absolute atomic E-state index is 10.9. The van der Waals surface area contributed by atoms with E-state index >= 15 is 0 Å². The minimum Gasteiger partial charge on any atom is -0.778 e. The van der Waals surface area contributed by atoms with Gasteiger partial charge in [-0.25, -0.2) is 0 Å². The van der Waals surface area contributed by atoms with Crippen LogP contribution in [0.3, 0.4) is 0 Å². The second kappa shape index (κ2) is 11.7. The first-order valence-corrected chi connectivity index (χ1v) is 10.4. The van der Waals surface area contributed by atoms with Crippen LogP contribution in [0.25, 0.3) is 0 Å². The van der Waals surface area contributed by atoms with Gasteiger partial charge in [0.25, 0.3) is 0 Å². The van der Waals surface area contributed by atoms with Crippen molar-refractivity contribution in [2.75, 3.05) is 25.7 Å². The number of hydrogen-bond donors (Lipinski definition) is 3.